The van der Waals surface area contributed by atoms with Crippen LogP contribution in [0.1, 0.15) is 59.3 Å². The molecular formula is C20H25NO6S. The van der Waals surface area contributed by atoms with Crippen molar-refractivity contribution in [3.63, 3.8) is 0 Å². The molecule has 7 nitrogen and oxygen atoms in total. The standard InChI is InChI=1S/C20H25NO6S/c1-26-20(25)14-10-6-4-2-3-5-7-13(10)28-18(14)21-17(22)15-11-8-9-12(27-11)16(15)19(23)24/h11-12,15-16H,2-9H2,1H3,(H,21,22)(H,23,24)/t11-,12-,15-,16-/m0/s1. The normalized spacial score (nSPS) is 28.9. The maximum Gasteiger partial charge on any atom is 0.341 e. The van der Waals surface area contributed by atoms with Gasteiger partial charge in [-0.05, 0) is 44.1 Å². The highest BCUT2D eigenvalue weighted by Crippen LogP contribution is 2.45. The maximum atomic E-state index is 13.0. The number of ether oxygens (including phenoxy) is 2. The van der Waals surface area contributed by atoms with Crippen LogP contribution in [-0.4, -0.2) is 42.3 Å². The Hall–Kier alpha value is -1.93. The van der Waals surface area contributed by atoms with E-state index in [9.17, 15) is 19.5 Å². The summed E-state index contributed by atoms with van der Waals surface area (Å²) in [5.41, 5.74) is 1.42. The number of nitrogens with one attached hydrogen (secondary N) is 1. The minimum Gasteiger partial charge on any atom is -0.481 e. The van der Waals surface area contributed by atoms with E-state index in [-0.39, 0.29) is 12.0 Å². The summed E-state index contributed by atoms with van der Waals surface area (Å²) < 4.78 is 10.7. The van der Waals surface area contributed by atoms with E-state index in [0.717, 1.165) is 49.0 Å². The molecule has 1 aromatic heterocycles. The summed E-state index contributed by atoms with van der Waals surface area (Å²) in [6.07, 6.45) is 6.62. The van der Waals surface area contributed by atoms with E-state index in [1.54, 1.807) is 0 Å². The first-order valence-corrected chi connectivity index (χ1v) is 10.7. The number of methoxy groups -OCH3 is 1. The summed E-state index contributed by atoms with van der Waals surface area (Å²) in [6.45, 7) is 0. The molecule has 4 rings (SSSR count). The summed E-state index contributed by atoms with van der Waals surface area (Å²) in [7, 11) is 1.34. The van der Waals surface area contributed by atoms with Crippen LogP contribution in [0.3, 0.4) is 0 Å². The molecule has 0 unspecified atom stereocenters. The molecule has 3 heterocycles. The first-order valence-electron chi connectivity index (χ1n) is 9.93. The highest BCUT2D eigenvalue weighted by molar-refractivity contribution is 7.17. The Kier molecular flexibility index (Phi) is 5.42. The number of carboxylic acids is 1. The van der Waals surface area contributed by atoms with Crippen molar-refractivity contribution < 1.29 is 29.0 Å². The largest absolute Gasteiger partial charge is 0.481 e. The number of carbonyl (C=O) groups is 3. The molecule has 4 atom stereocenters. The Labute approximate surface area is 167 Å². The van der Waals surface area contributed by atoms with Gasteiger partial charge in [-0.15, -0.1) is 11.3 Å². The number of esters is 1. The Morgan fingerprint density at radius 2 is 1.75 bits per heavy atom. The van der Waals surface area contributed by atoms with Crippen LogP contribution < -0.4 is 5.32 Å². The molecule has 2 N–H and O–H groups in total. The van der Waals surface area contributed by atoms with Gasteiger partial charge in [-0.25, -0.2) is 4.79 Å². The third kappa shape index (κ3) is 3.33. The average Bonchev–Trinajstić information content (AvgIpc) is 3.34. The monoisotopic (exact) mass is 407 g/mol. The minimum absolute atomic E-state index is 0.367. The highest BCUT2D eigenvalue weighted by atomic mass is 32.1. The predicted molar refractivity (Wildman–Crippen MR) is 103 cm³/mol. The SMILES string of the molecule is COC(=O)c1c(NC(=O)[C@@H]2[C@@H](C(=O)O)[C@@H]3CC[C@@H]2O3)sc2c1CCCCCC2. The van der Waals surface area contributed by atoms with Crippen molar-refractivity contribution in [2.45, 2.75) is 63.6 Å². The molecule has 28 heavy (non-hydrogen) atoms. The second-order valence-electron chi connectivity index (χ2n) is 7.78. The Bertz CT molecular complexity index is 803. The molecule has 0 radical (unpaired) electrons. The lowest BCUT2D eigenvalue weighted by atomic mass is 9.78. The minimum atomic E-state index is -1.00. The van der Waals surface area contributed by atoms with Gasteiger partial charge >= 0.3 is 11.9 Å². The third-order valence-corrected chi connectivity index (χ3v) is 7.37. The van der Waals surface area contributed by atoms with Crippen molar-refractivity contribution in [3.8, 4) is 0 Å². The summed E-state index contributed by atoms with van der Waals surface area (Å²) >= 11 is 1.42. The molecule has 2 fully saturated rings. The fourth-order valence-electron chi connectivity index (χ4n) is 4.85. The fourth-order valence-corrected chi connectivity index (χ4v) is 6.13. The van der Waals surface area contributed by atoms with Gasteiger partial charge in [0.05, 0.1) is 36.7 Å². The first-order chi connectivity index (χ1) is 13.5. The van der Waals surface area contributed by atoms with Crippen molar-refractivity contribution >= 4 is 34.2 Å². The van der Waals surface area contributed by atoms with Gasteiger partial charge in [0.2, 0.25) is 5.91 Å². The van der Waals surface area contributed by atoms with Gasteiger partial charge in [0.1, 0.15) is 5.00 Å². The van der Waals surface area contributed by atoms with E-state index < -0.39 is 29.9 Å². The number of anilines is 1. The summed E-state index contributed by atoms with van der Waals surface area (Å²) in [4.78, 5) is 38.3. The van der Waals surface area contributed by atoms with E-state index in [0.29, 0.717) is 23.4 Å². The van der Waals surface area contributed by atoms with Gasteiger partial charge < -0.3 is 19.9 Å². The topological polar surface area (TPSA) is 102 Å². The number of rotatable bonds is 4. The number of amides is 1. The molecule has 1 aromatic rings. The quantitative estimate of drug-likeness (QED) is 0.744. The van der Waals surface area contributed by atoms with E-state index >= 15 is 0 Å². The zero-order valence-electron chi connectivity index (χ0n) is 15.9. The second kappa shape index (κ2) is 7.83. The van der Waals surface area contributed by atoms with Crippen molar-refractivity contribution in [2.75, 3.05) is 12.4 Å². The number of carboxylic acid groups (broad SMARTS) is 1. The van der Waals surface area contributed by atoms with Crippen molar-refractivity contribution in [2.24, 2.45) is 11.8 Å². The van der Waals surface area contributed by atoms with E-state index in [1.165, 1.54) is 18.4 Å². The lowest BCUT2D eigenvalue weighted by Gasteiger charge is -2.23. The smallest absolute Gasteiger partial charge is 0.341 e. The molecule has 1 amide bonds. The number of fused-ring (bicyclic) bond motifs is 3. The summed E-state index contributed by atoms with van der Waals surface area (Å²) in [5.74, 6) is -3.39. The average molecular weight is 407 g/mol. The van der Waals surface area contributed by atoms with Gasteiger partial charge in [0.25, 0.3) is 0 Å². The van der Waals surface area contributed by atoms with Crippen LogP contribution in [0.4, 0.5) is 5.00 Å². The molecule has 0 aromatic carbocycles. The van der Waals surface area contributed by atoms with Crippen molar-refractivity contribution in [1.82, 2.24) is 0 Å². The zero-order valence-corrected chi connectivity index (χ0v) is 16.7. The molecule has 3 aliphatic rings. The van der Waals surface area contributed by atoms with Gasteiger partial charge in [-0.1, -0.05) is 12.8 Å². The number of aliphatic carboxylic acids is 1. The lowest BCUT2D eigenvalue weighted by molar-refractivity contribution is -0.147. The van der Waals surface area contributed by atoms with Crippen molar-refractivity contribution in [3.05, 3.63) is 16.0 Å². The summed E-state index contributed by atoms with van der Waals surface area (Å²) in [5, 5.41) is 12.9. The first kappa shape index (κ1) is 19.4. The Morgan fingerprint density at radius 1 is 1.07 bits per heavy atom. The molecule has 1 aliphatic carbocycles. The van der Waals surface area contributed by atoms with Crippen LogP contribution in [0, 0.1) is 11.8 Å². The zero-order chi connectivity index (χ0) is 19.8. The van der Waals surface area contributed by atoms with Crippen LogP contribution in [0.15, 0.2) is 0 Å². The van der Waals surface area contributed by atoms with Gasteiger partial charge in [-0.3, -0.25) is 9.59 Å². The Morgan fingerprint density at radius 3 is 2.43 bits per heavy atom. The van der Waals surface area contributed by atoms with Gasteiger partial charge in [0.15, 0.2) is 0 Å². The third-order valence-electron chi connectivity index (χ3n) is 6.16. The summed E-state index contributed by atoms with van der Waals surface area (Å²) in [6, 6.07) is 0. The van der Waals surface area contributed by atoms with E-state index in [2.05, 4.69) is 5.32 Å². The van der Waals surface area contributed by atoms with Crippen LogP contribution in [0.25, 0.3) is 0 Å². The molecule has 2 bridgehead atoms. The maximum absolute atomic E-state index is 13.0. The van der Waals surface area contributed by atoms with Gasteiger partial charge in [0, 0.05) is 4.88 Å². The fraction of sp³-hybridized carbons (Fsp3) is 0.650. The molecule has 2 aliphatic heterocycles. The highest BCUT2D eigenvalue weighted by Gasteiger charge is 2.55. The molecular weight excluding hydrogens is 382 g/mol. The number of hydrogen-bond donors (Lipinski definition) is 2. The molecule has 0 saturated carbocycles. The predicted octanol–water partition coefficient (Wildman–Crippen LogP) is 3.01. The van der Waals surface area contributed by atoms with Crippen LogP contribution in [0.5, 0.6) is 0 Å². The van der Waals surface area contributed by atoms with E-state index in [1.807, 2.05) is 0 Å². The molecule has 8 heteroatoms. The molecule has 152 valence electrons. The molecule has 0 spiro atoms. The van der Waals surface area contributed by atoms with Crippen molar-refractivity contribution in [1.29, 1.82) is 0 Å². The Balaban J connectivity index is 1.63. The van der Waals surface area contributed by atoms with E-state index in [4.69, 9.17) is 9.47 Å². The van der Waals surface area contributed by atoms with Gasteiger partial charge in [-0.2, -0.15) is 0 Å². The molecule has 2 saturated heterocycles. The van der Waals surface area contributed by atoms with Crippen LogP contribution in [-0.2, 0) is 31.9 Å². The lowest BCUT2D eigenvalue weighted by Crippen LogP contribution is -2.41. The number of hydrogen-bond acceptors (Lipinski definition) is 6. The number of thiophene rings is 1. The number of aryl methyl sites for hydroxylation is 1. The second-order valence-corrected chi connectivity index (χ2v) is 8.89. The number of carbonyl (C=O) groups excluding carboxylic acids is 2. The van der Waals surface area contributed by atoms with Crippen LogP contribution >= 0.6 is 11.3 Å². The van der Waals surface area contributed by atoms with Crippen LogP contribution in [0.2, 0.25) is 0 Å².